The Kier molecular flexibility index (Phi) is 4.09. The predicted molar refractivity (Wildman–Crippen MR) is 65.1 cm³/mol. The zero-order valence-corrected chi connectivity index (χ0v) is 10.1. The van der Waals surface area contributed by atoms with E-state index in [1.54, 1.807) is 39.0 Å². The number of hydrogen-bond acceptors (Lipinski definition) is 4. The molecule has 92 valence electrons. The van der Waals surface area contributed by atoms with Crippen LogP contribution in [0.5, 0.6) is 5.75 Å². The van der Waals surface area contributed by atoms with Crippen LogP contribution in [0.2, 0.25) is 0 Å². The van der Waals surface area contributed by atoms with E-state index in [9.17, 15) is 9.90 Å². The Morgan fingerprint density at radius 3 is 2.65 bits per heavy atom. The van der Waals surface area contributed by atoms with Crippen molar-refractivity contribution in [1.82, 2.24) is 5.43 Å². The number of nitrogens with zero attached hydrogens (tertiary/aromatic N) is 1. The lowest BCUT2D eigenvalue weighted by atomic mass is 10.2. The highest BCUT2D eigenvalue weighted by molar-refractivity contribution is 5.84. The molecular formula is C12H16N2O3. The van der Waals surface area contributed by atoms with E-state index in [4.69, 9.17) is 4.74 Å². The van der Waals surface area contributed by atoms with E-state index in [-0.39, 0.29) is 5.75 Å². The SMILES string of the molecule is CC(C)(C)OC(=O)NN=Cc1ccccc1O. The summed E-state index contributed by atoms with van der Waals surface area (Å²) in [4.78, 5) is 11.2. The number of phenols is 1. The third-order valence-corrected chi connectivity index (χ3v) is 1.70. The number of aromatic hydroxyl groups is 1. The third kappa shape index (κ3) is 5.01. The minimum atomic E-state index is -0.635. The van der Waals surface area contributed by atoms with Gasteiger partial charge in [0.25, 0.3) is 0 Å². The molecule has 0 fully saturated rings. The summed E-state index contributed by atoms with van der Waals surface area (Å²) in [5.74, 6) is 0.0993. The van der Waals surface area contributed by atoms with Gasteiger partial charge in [0, 0.05) is 5.56 Å². The molecule has 0 aliphatic rings. The summed E-state index contributed by atoms with van der Waals surface area (Å²) in [7, 11) is 0. The van der Waals surface area contributed by atoms with Crippen LogP contribution in [0.3, 0.4) is 0 Å². The number of nitrogens with one attached hydrogen (secondary N) is 1. The van der Waals surface area contributed by atoms with Crippen molar-refractivity contribution in [2.45, 2.75) is 26.4 Å². The number of hydrazone groups is 1. The number of amides is 1. The lowest BCUT2D eigenvalue weighted by Gasteiger charge is -2.18. The highest BCUT2D eigenvalue weighted by atomic mass is 16.6. The first kappa shape index (κ1) is 13.0. The molecule has 0 aliphatic heterocycles. The van der Waals surface area contributed by atoms with Crippen molar-refractivity contribution in [2.75, 3.05) is 0 Å². The van der Waals surface area contributed by atoms with Crippen molar-refractivity contribution in [3.63, 3.8) is 0 Å². The van der Waals surface area contributed by atoms with Gasteiger partial charge in [-0.2, -0.15) is 5.10 Å². The average Bonchev–Trinajstić information content (AvgIpc) is 2.18. The van der Waals surface area contributed by atoms with Crippen molar-refractivity contribution < 1.29 is 14.6 Å². The van der Waals surface area contributed by atoms with Crippen molar-refractivity contribution in [3.8, 4) is 5.75 Å². The van der Waals surface area contributed by atoms with Crippen molar-refractivity contribution in [2.24, 2.45) is 5.10 Å². The number of hydrogen-bond donors (Lipinski definition) is 2. The molecule has 0 bridgehead atoms. The molecule has 1 rings (SSSR count). The van der Waals surface area contributed by atoms with Crippen LogP contribution in [0.25, 0.3) is 0 Å². The van der Waals surface area contributed by atoms with Gasteiger partial charge in [0.1, 0.15) is 11.4 Å². The van der Waals surface area contributed by atoms with Crippen LogP contribution in [-0.4, -0.2) is 23.0 Å². The molecule has 2 N–H and O–H groups in total. The van der Waals surface area contributed by atoms with Crippen LogP contribution in [0.15, 0.2) is 29.4 Å². The second-order valence-corrected chi connectivity index (χ2v) is 4.43. The molecule has 1 aromatic rings. The summed E-state index contributed by atoms with van der Waals surface area (Å²) in [6, 6.07) is 6.67. The predicted octanol–water partition coefficient (Wildman–Crippen LogP) is 2.25. The Labute approximate surface area is 100 Å². The second kappa shape index (κ2) is 5.34. The van der Waals surface area contributed by atoms with Gasteiger partial charge < -0.3 is 9.84 Å². The quantitative estimate of drug-likeness (QED) is 0.611. The molecule has 0 unspecified atom stereocenters. The zero-order chi connectivity index (χ0) is 12.9. The molecule has 0 spiro atoms. The number of phenolic OH excluding ortho intramolecular Hbond substituents is 1. The Morgan fingerprint density at radius 1 is 1.41 bits per heavy atom. The Balaban J connectivity index is 2.51. The molecule has 0 aliphatic carbocycles. The van der Waals surface area contributed by atoms with Gasteiger partial charge in [0.05, 0.1) is 6.21 Å². The van der Waals surface area contributed by atoms with Crippen LogP contribution >= 0.6 is 0 Å². The number of rotatable bonds is 2. The number of ether oxygens (including phenoxy) is 1. The first-order chi connectivity index (χ1) is 7.88. The zero-order valence-electron chi connectivity index (χ0n) is 10.1. The summed E-state index contributed by atoms with van der Waals surface area (Å²) in [5.41, 5.74) is 2.17. The first-order valence-corrected chi connectivity index (χ1v) is 5.18. The van der Waals surface area contributed by atoms with Crippen LogP contribution in [0.4, 0.5) is 4.79 Å². The molecule has 0 aromatic heterocycles. The van der Waals surface area contributed by atoms with Crippen LogP contribution in [0, 0.1) is 0 Å². The molecule has 0 heterocycles. The standard InChI is InChI=1S/C12H16N2O3/c1-12(2,3)17-11(16)14-13-8-9-6-4-5-7-10(9)15/h4-8,15H,1-3H3,(H,14,16). The highest BCUT2D eigenvalue weighted by Crippen LogP contribution is 2.12. The molecule has 1 aromatic carbocycles. The summed E-state index contributed by atoms with van der Waals surface area (Å²) in [5, 5.41) is 13.1. The highest BCUT2D eigenvalue weighted by Gasteiger charge is 2.15. The molecule has 0 atom stereocenters. The van der Waals surface area contributed by atoms with E-state index in [1.165, 1.54) is 12.3 Å². The largest absolute Gasteiger partial charge is 0.507 e. The second-order valence-electron chi connectivity index (χ2n) is 4.43. The van der Waals surface area contributed by atoms with E-state index in [2.05, 4.69) is 10.5 Å². The molecule has 0 saturated carbocycles. The van der Waals surface area contributed by atoms with Crippen molar-refractivity contribution >= 4 is 12.3 Å². The molecule has 5 nitrogen and oxygen atoms in total. The van der Waals surface area contributed by atoms with Crippen LogP contribution in [0.1, 0.15) is 26.3 Å². The summed E-state index contributed by atoms with van der Waals surface area (Å²) in [6.07, 6.45) is 0.711. The van der Waals surface area contributed by atoms with E-state index in [0.717, 1.165) is 0 Å². The lowest BCUT2D eigenvalue weighted by molar-refractivity contribution is 0.0529. The summed E-state index contributed by atoms with van der Waals surface area (Å²) >= 11 is 0. The topological polar surface area (TPSA) is 70.9 Å². The number of benzene rings is 1. The van der Waals surface area contributed by atoms with Gasteiger partial charge in [-0.3, -0.25) is 0 Å². The van der Waals surface area contributed by atoms with Gasteiger partial charge in [0.2, 0.25) is 0 Å². The Bertz CT molecular complexity index is 422. The monoisotopic (exact) mass is 236 g/mol. The fraction of sp³-hybridized carbons (Fsp3) is 0.333. The smallest absolute Gasteiger partial charge is 0.428 e. The summed E-state index contributed by atoms with van der Waals surface area (Å²) < 4.78 is 4.98. The minimum Gasteiger partial charge on any atom is -0.507 e. The Hall–Kier alpha value is -2.04. The van der Waals surface area contributed by atoms with E-state index in [1.807, 2.05) is 0 Å². The normalized spacial score (nSPS) is 11.5. The van der Waals surface area contributed by atoms with E-state index < -0.39 is 11.7 Å². The maximum atomic E-state index is 11.2. The van der Waals surface area contributed by atoms with Gasteiger partial charge in [-0.25, -0.2) is 10.2 Å². The van der Waals surface area contributed by atoms with Crippen LogP contribution < -0.4 is 5.43 Å². The summed E-state index contributed by atoms with van der Waals surface area (Å²) in [6.45, 7) is 5.29. The molecular weight excluding hydrogens is 220 g/mol. The van der Waals surface area contributed by atoms with Gasteiger partial charge in [-0.1, -0.05) is 12.1 Å². The number of carbonyl (C=O) groups excluding carboxylic acids is 1. The number of para-hydroxylation sites is 1. The fourth-order valence-corrected chi connectivity index (χ4v) is 1.05. The maximum Gasteiger partial charge on any atom is 0.428 e. The molecule has 0 saturated heterocycles. The third-order valence-electron chi connectivity index (χ3n) is 1.70. The van der Waals surface area contributed by atoms with E-state index in [0.29, 0.717) is 5.56 Å². The average molecular weight is 236 g/mol. The van der Waals surface area contributed by atoms with Gasteiger partial charge >= 0.3 is 6.09 Å². The Morgan fingerprint density at radius 2 is 2.06 bits per heavy atom. The van der Waals surface area contributed by atoms with Gasteiger partial charge in [-0.05, 0) is 32.9 Å². The number of carbonyl (C=O) groups is 1. The van der Waals surface area contributed by atoms with E-state index >= 15 is 0 Å². The minimum absolute atomic E-state index is 0.0993. The van der Waals surface area contributed by atoms with Crippen LogP contribution in [-0.2, 0) is 4.74 Å². The van der Waals surface area contributed by atoms with Gasteiger partial charge in [0.15, 0.2) is 0 Å². The first-order valence-electron chi connectivity index (χ1n) is 5.18. The van der Waals surface area contributed by atoms with Gasteiger partial charge in [-0.15, -0.1) is 0 Å². The van der Waals surface area contributed by atoms with Crippen molar-refractivity contribution in [1.29, 1.82) is 0 Å². The molecule has 17 heavy (non-hydrogen) atoms. The van der Waals surface area contributed by atoms with Crippen molar-refractivity contribution in [3.05, 3.63) is 29.8 Å². The molecule has 0 radical (unpaired) electrons. The fourth-order valence-electron chi connectivity index (χ4n) is 1.05. The molecule has 1 amide bonds. The molecule has 5 heteroatoms. The maximum absolute atomic E-state index is 11.2. The lowest BCUT2D eigenvalue weighted by Crippen LogP contribution is -2.29.